The fraction of sp³-hybridized carbons (Fsp3) is 0.370. The number of aliphatic carboxylic acids is 1. The molecule has 34 heavy (non-hydrogen) atoms. The maximum Gasteiger partial charge on any atom is 0.407 e. The summed E-state index contributed by atoms with van der Waals surface area (Å²) in [6, 6.07) is 14.8. The third-order valence-electron chi connectivity index (χ3n) is 6.56. The van der Waals surface area contributed by atoms with Gasteiger partial charge in [-0.15, -0.1) is 0 Å². The van der Waals surface area contributed by atoms with Crippen molar-refractivity contribution in [3.63, 3.8) is 0 Å². The van der Waals surface area contributed by atoms with E-state index in [0.717, 1.165) is 47.9 Å². The van der Waals surface area contributed by atoms with Crippen LogP contribution in [0.1, 0.15) is 49.1 Å². The zero-order valence-electron chi connectivity index (χ0n) is 19.0. The van der Waals surface area contributed by atoms with Gasteiger partial charge in [-0.3, -0.25) is 9.59 Å². The molecule has 0 saturated carbocycles. The van der Waals surface area contributed by atoms with Gasteiger partial charge in [0, 0.05) is 12.5 Å². The lowest BCUT2D eigenvalue weighted by Gasteiger charge is -2.20. The Kier molecular flexibility index (Phi) is 7.62. The van der Waals surface area contributed by atoms with Gasteiger partial charge in [-0.25, -0.2) is 4.79 Å². The summed E-state index contributed by atoms with van der Waals surface area (Å²) in [5.74, 6) is -1.29. The number of amides is 2. The van der Waals surface area contributed by atoms with Crippen LogP contribution in [0.4, 0.5) is 4.79 Å². The Morgan fingerprint density at radius 3 is 2.29 bits per heavy atom. The third kappa shape index (κ3) is 5.65. The van der Waals surface area contributed by atoms with E-state index in [2.05, 4.69) is 22.8 Å². The number of fused-ring (bicyclic) bond motifs is 3. The van der Waals surface area contributed by atoms with Gasteiger partial charge in [0.2, 0.25) is 5.91 Å². The second kappa shape index (κ2) is 11.0. The van der Waals surface area contributed by atoms with Crippen LogP contribution in [-0.4, -0.2) is 42.3 Å². The van der Waals surface area contributed by atoms with Crippen LogP contribution in [0.3, 0.4) is 0 Å². The molecule has 0 heterocycles. The first-order valence-corrected chi connectivity index (χ1v) is 11.8. The zero-order valence-corrected chi connectivity index (χ0v) is 19.0. The van der Waals surface area contributed by atoms with Gasteiger partial charge in [-0.2, -0.15) is 0 Å². The van der Waals surface area contributed by atoms with Crippen LogP contribution >= 0.6 is 0 Å². The number of hydrogen-bond acceptors (Lipinski definition) is 4. The smallest absolute Gasteiger partial charge is 0.407 e. The number of alkyl carbamates (subject to hydrolysis) is 1. The summed E-state index contributed by atoms with van der Waals surface area (Å²) >= 11 is 0. The van der Waals surface area contributed by atoms with Crippen molar-refractivity contribution < 1.29 is 24.2 Å². The highest BCUT2D eigenvalue weighted by Gasteiger charge is 2.30. The van der Waals surface area contributed by atoms with Crippen molar-refractivity contribution in [1.29, 1.82) is 0 Å². The van der Waals surface area contributed by atoms with Crippen molar-refractivity contribution in [1.82, 2.24) is 10.6 Å². The molecule has 2 aromatic carbocycles. The molecule has 2 amide bonds. The molecule has 7 heteroatoms. The van der Waals surface area contributed by atoms with Gasteiger partial charge in [-0.1, -0.05) is 60.7 Å². The minimum Gasteiger partial charge on any atom is -0.481 e. The lowest BCUT2D eigenvalue weighted by atomic mass is 9.91. The third-order valence-corrected chi connectivity index (χ3v) is 6.56. The van der Waals surface area contributed by atoms with Gasteiger partial charge in [0.1, 0.15) is 12.6 Å². The summed E-state index contributed by atoms with van der Waals surface area (Å²) in [6.45, 7) is 0.538. The number of ether oxygens (including phenoxy) is 1. The predicted octanol–water partition coefficient (Wildman–Crippen LogP) is 4.23. The molecule has 0 saturated heterocycles. The first-order chi connectivity index (χ1) is 16.5. The summed E-state index contributed by atoms with van der Waals surface area (Å²) in [6.07, 6.45) is 6.95. The molecule has 0 bridgehead atoms. The second-order valence-electron chi connectivity index (χ2n) is 8.85. The number of nitrogens with one attached hydrogen (secondary N) is 2. The number of allylic oxidation sites excluding steroid dienone is 2. The molecular weight excluding hydrogens is 432 g/mol. The SMILES string of the molecule is O=C(O)CC(NC(=O)OCC1c2ccccc2-c2ccccc21)C(=O)NCCC1CC=CCC1. The molecule has 0 aliphatic heterocycles. The predicted molar refractivity (Wildman–Crippen MR) is 128 cm³/mol. The van der Waals surface area contributed by atoms with Crippen LogP contribution in [0, 0.1) is 5.92 Å². The molecule has 0 fully saturated rings. The topological polar surface area (TPSA) is 105 Å². The van der Waals surface area contributed by atoms with Gasteiger partial charge in [-0.05, 0) is 53.9 Å². The van der Waals surface area contributed by atoms with Gasteiger partial charge in [0.05, 0.1) is 6.42 Å². The molecule has 2 aromatic rings. The van der Waals surface area contributed by atoms with E-state index >= 15 is 0 Å². The van der Waals surface area contributed by atoms with Gasteiger partial charge in [0.25, 0.3) is 0 Å². The average Bonchev–Trinajstić information content (AvgIpc) is 3.16. The number of hydrogen-bond donors (Lipinski definition) is 3. The second-order valence-corrected chi connectivity index (χ2v) is 8.85. The molecule has 3 N–H and O–H groups in total. The van der Waals surface area contributed by atoms with E-state index in [9.17, 15) is 19.5 Å². The Morgan fingerprint density at radius 2 is 1.68 bits per heavy atom. The molecule has 178 valence electrons. The summed E-state index contributed by atoms with van der Waals surface area (Å²) in [5, 5.41) is 14.4. The van der Waals surface area contributed by atoms with Gasteiger partial charge in [0.15, 0.2) is 0 Å². The van der Waals surface area contributed by atoms with Crippen LogP contribution in [0.25, 0.3) is 11.1 Å². The minimum absolute atomic E-state index is 0.0937. The maximum atomic E-state index is 12.6. The van der Waals surface area contributed by atoms with Gasteiger partial charge >= 0.3 is 12.1 Å². The van der Waals surface area contributed by atoms with E-state index in [-0.39, 0.29) is 12.5 Å². The number of carbonyl (C=O) groups is 3. The summed E-state index contributed by atoms with van der Waals surface area (Å²) < 4.78 is 5.47. The Labute approximate surface area is 199 Å². The molecule has 0 aromatic heterocycles. The van der Waals surface area contributed by atoms with Crippen molar-refractivity contribution in [2.24, 2.45) is 5.92 Å². The number of rotatable bonds is 9. The van der Waals surface area contributed by atoms with E-state index < -0.39 is 30.4 Å². The zero-order chi connectivity index (χ0) is 23.9. The molecule has 2 aliphatic carbocycles. The molecular formula is C27H30N2O5. The van der Waals surface area contributed by atoms with E-state index in [0.29, 0.717) is 12.5 Å². The maximum absolute atomic E-state index is 12.6. The van der Waals surface area contributed by atoms with Crippen molar-refractivity contribution in [2.45, 2.75) is 44.1 Å². The largest absolute Gasteiger partial charge is 0.481 e. The van der Waals surface area contributed by atoms with Crippen molar-refractivity contribution in [2.75, 3.05) is 13.2 Å². The number of carboxylic acid groups (broad SMARTS) is 1. The number of benzene rings is 2. The number of carboxylic acids is 1. The van der Waals surface area contributed by atoms with E-state index in [1.807, 2.05) is 48.5 Å². The molecule has 4 rings (SSSR count). The Morgan fingerprint density at radius 1 is 1.00 bits per heavy atom. The molecule has 0 radical (unpaired) electrons. The van der Waals surface area contributed by atoms with E-state index in [4.69, 9.17) is 4.74 Å². The van der Waals surface area contributed by atoms with E-state index in [1.165, 1.54) is 0 Å². The Bertz CT molecular complexity index is 1030. The highest BCUT2D eigenvalue weighted by molar-refractivity contribution is 5.89. The van der Waals surface area contributed by atoms with Crippen LogP contribution in [0.5, 0.6) is 0 Å². The first-order valence-electron chi connectivity index (χ1n) is 11.8. The Hall–Kier alpha value is -3.61. The fourth-order valence-electron chi connectivity index (χ4n) is 4.81. The molecule has 2 aliphatic rings. The quantitative estimate of drug-likeness (QED) is 0.484. The summed E-state index contributed by atoms with van der Waals surface area (Å²) in [4.78, 5) is 36.4. The summed E-state index contributed by atoms with van der Waals surface area (Å²) in [5.41, 5.74) is 4.38. The molecule has 7 nitrogen and oxygen atoms in total. The monoisotopic (exact) mass is 462 g/mol. The lowest BCUT2D eigenvalue weighted by molar-refractivity contribution is -0.139. The van der Waals surface area contributed by atoms with Gasteiger partial charge < -0.3 is 20.5 Å². The van der Waals surface area contributed by atoms with Crippen LogP contribution in [-0.2, 0) is 14.3 Å². The molecule has 0 spiro atoms. The van der Waals surface area contributed by atoms with Crippen molar-refractivity contribution in [3.8, 4) is 11.1 Å². The van der Waals surface area contributed by atoms with Crippen LogP contribution < -0.4 is 10.6 Å². The lowest BCUT2D eigenvalue weighted by Crippen LogP contribution is -2.48. The highest BCUT2D eigenvalue weighted by Crippen LogP contribution is 2.44. The van der Waals surface area contributed by atoms with Crippen molar-refractivity contribution in [3.05, 3.63) is 71.8 Å². The standard InChI is InChI=1S/C27H30N2O5/c30-25(31)16-24(26(32)28-15-14-18-8-2-1-3-9-18)29-27(33)34-17-23-21-12-6-4-10-19(21)20-11-5-7-13-22(20)23/h1-2,4-7,10-13,18,23-24H,3,8-9,14-17H2,(H,28,32)(H,29,33)(H,30,31). The Balaban J connectivity index is 1.33. The summed E-state index contributed by atoms with van der Waals surface area (Å²) in [7, 11) is 0. The number of carbonyl (C=O) groups excluding carboxylic acids is 2. The average molecular weight is 463 g/mol. The van der Waals surface area contributed by atoms with Crippen LogP contribution in [0.15, 0.2) is 60.7 Å². The normalized spacial score (nSPS) is 17.4. The van der Waals surface area contributed by atoms with Crippen LogP contribution in [0.2, 0.25) is 0 Å². The van der Waals surface area contributed by atoms with E-state index in [1.54, 1.807) is 0 Å². The minimum atomic E-state index is -1.19. The fourth-order valence-corrected chi connectivity index (χ4v) is 4.81. The molecule has 2 atom stereocenters. The van der Waals surface area contributed by atoms with Crippen molar-refractivity contribution >= 4 is 18.0 Å². The first kappa shape index (κ1) is 23.5. The molecule has 2 unspecified atom stereocenters. The highest BCUT2D eigenvalue weighted by atomic mass is 16.5.